The minimum atomic E-state index is -4.15. The average Bonchev–Trinajstić information content (AvgIpc) is 2.26. The number of nitrogens with zero attached hydrogens (tertiary/aromatic N) is 1. The molecule has 1 rings (SSSR count). The Labute approximate surface area is 114 Å². The summed E-state index contributed by atoms with van der Waals surface area (Å²) in [6.45, 7) is 10.2. The first kappa shape index (κ1) is 16.5. The van der Waals surface area contributed by atoms with Gasteiger partial charge in [-0.1, -0.05) is 6.08 Å². The third kappa shape index (κ3) is 5.95. The summed E-state index contributed by atoms with van der Waals surface area (Å²) in [4.78, 5) is 2.11. The van der Waals surface area contributed by atoms with Crippen molar-refractivity contribution in [2.45, 2.75) is 58.3 Å². The van der Waals surface area contributed by atoms with Gasteiger partial charge in [0, 0.05) is 30.2 Å². The molecule has 1 unspecified atom stereocenters. The molecule has 0 aliphatic carbocycles. The molecule has 0 aromatic carbocycles. The molecular formula is C14H25F3N2. The van der Waals surface area contributed by atoms with Crippen LogP contribution in [0.2, 0.25) is 0 Å². The normalized spacial score (nSPS) is 20.3. The summed E-state index contributed by atoms with van der Waals surface area (Å²) >= 11 is 0. The Morgan fingerprint density at radius 3 is 2.37 bits per heavy atom. The molecule has 0 spiro atoms. The van der Waals surface area contributed by atoms with Gasteiger partial charge in [0.25, 0.3) is 0 Å². The van der Waals surface area contributed by atoms with Crippen molar-refractivity contribution in [3.05, 3.63) is 11.6 Å². The van der Waals surface area contributed by atoms with Crippen LogP contribution in [-0.2, 0) is 0 Å². The fraction of sp³-hybridized carbons (Fsp3) is 0.857. The second kappa shape index (κ2) is 6.27. The zero-order valence-corrected chi connectivity index (χ0v) is 12.3. The Morgan fingerprint density at radius 2 is 1.95 bits per heavy atom. The first-order chi connectivity index (χ1) is 8.59. The zero-order chi connectivity index (χ0) is 14.7. The van der Waals surface area contributed by atoms with Crippen molar-refractivity contribution >= 4 is 0 Å². The van der Waals surface area contributed by atoms with E-state index in [0.29, 0.717) is 19.1 Å². The fourth-order valence-corrected chi connectivity index (χ4v) is 2.18. The SMILES string of the molecule is CC(CCNC(C)(C)C)N1CC=C(C(F)(F)F)CC1. The monoisotopic (exact) mass is 278 g/mol. The summed E-state index contributed by atoms with van der Waals surface area (Å²) in [6, 6.07) is 0.306. The van der Waals surface area contributed by atoms with Crippen molar-refractivity contribution in [1.29, 1.82) is 0 Å². The first-order valence-corrected chi connectivity index (χ1v) is 6.85. The molecule has 0 bridgehead atoms. The number of halogens is 3. The maximum Gasteiger partial charge on any atom is 0.412 e. The van der Waals surface area contributed by atoms with Crippen molar-refractivity contribution in [3.8, 4) is 0 Å². The molecule has 0 aromatic heterocycles. The van der Waals surface area contributed by atoms with Crippen LogP contribution in [0.4, 0.5) is 13.2 Å². The molecule has 1 aliphatic heterocycles. The fourth-order valence-electron chi connectivity index (χ4n) is 2.18. The highest BCUT2D eigenvalue weighted by atomic mass is 19.4. The van der Waals surface area contributed by atoms with Gasteiger partial charge >= 0.3 is 6.18 Å². The van der Waals surface area contributed by atoms with Gasteiger partial charge in [-0.3, -0.25) is 4.90 Å². The van der Waals surface area contributed by atoms with Crippen LogP contribution in [0, 0.1) is 0 Å². The summed E-state index contributed by atoms with van der Waals surface area (Å²) in [5.74, 6) is 0. The number of rotatable bonds is 4. The van der Waals surface area contributed by atoms with Crippen LogP contribution < -0.4 is 5.32 Å². The van der Waals surface area contributed by atoms with Gasteiger partial charge in [-0.15, -0.1) is 0 Å². The quantitative estimate of drug-likeness (QED) is 0.793. The van der Waals surface area contributed by atoms with E-state index in [0.717, 1.165) is 13.0 Å². The van der Waals surface area contributed by atoms with Crippen molar-refractivity contribution in [1.82, 2.24) is 10.2 Å². The van der Waals surface area contributed by atoms with Gasteiger partial charge in [0.15, 0.2) is 0 Å². The molecule has 1 heterocycles. The van der Waals surface area contributed by atoms with E-state index in [1.807, 2.05) is 0 Å². The van der Waals surface area contributed by atoms with Gasteiger partial charge in [0.2, 0.25) is 0 Å². The van der Waals surface area contributed by atoms with Crippen LogP contribution in [0.5, 0.6) is 0 Å². The molecule has 0 amide bonds. The van der Waals surface area contributed by atoms with Crippen molar-refractivity contribution in [3.63, 3.8) is 0 Å². The van der Waals surface area contributed by atoms with Crippen molar-refractivity contribution in [2.75, 3.05) is 19.6 Å². The maximum absolute atomic E-state index is 12.5. The molecule has 0 saturated carbocycles. The molecule has 0 aromatic rings. The molecule has 1 atom stereocenters. The second-order valence-corrected chi connectivity index (χ2v) is 6.29. The van der Waals surface area contributed by atoms with E-state index in [-0.39, 0.29) is 17.5 Å². The van der Waals surface area contributed by atoms with Crippen LogP contribution in [-0.4, -0.2) is 42.3 Å². The topological polar surface area (TPSA) is 15.3 Å². The van der Waals surface area contributed by atoms with Crippen LogP contribution in [0.3, 0.4) is 0 Å². The van der Waals surface area contributed by atoms with E-state index in [4.69, 9.17) is 0 Å². The highest BCUT2D eigenvalue weighted by Crippen LogP contribution is 2.30. The van der Waals surface area contributed by atoms with Crippen LogP contribution in [0.25, 0.3) is 0 Å². The predicted molar refractivity (Wildman–Crippen MR) is 72.2 cm³/mol. The first-order valence-electron chi connectivity index (χ1n) is 6.85. The molecule has 1 N–H and O–H groups in total. The highest BCUT2D eigenvalue weighted by molar-refractivity contribution is 5.13. The molecule has 19 heavy (non-hydrogen) atoms. The van der Waals surface area contributed by atoms with Gasteiger partial charge in [-0.05, 0) is 47.1 Å². The molecule has 0 radical (unpaired) electrons. The lowest BCUT2D eigenvalue weighted by Gasteiger charge is -2.33. The van der Waals surface area contributed by atoms with Crippen LogP contribution >= 0.6 is 0 Å². The number of hydrogen-bond acceptors (Lipinski definition) is 2. The van der Waals surface area contributed by atoms with Gasteiger partial charge in [0.1, 0.15) is 0 Å². The predicted octanol–water partition coefficient (Wildman–Crippen LogP) is 3.35. The zero-order valence-electron chi connectivity index (χ0n) is 12.3. The molecular weight excluding hydrogens is 253 g/mol. The van der Waals surface area contributed by atoms with Gasteiger partial charge in [-0.25, -0.2) is 0 Å². The Bertz CT molecular complexity index is 316. The standard InChI is InChI=1S/C14H25F3N2/c1-11(5-8-18-13(2,3)4)19-9-6-12(7-10-19)14(15,16)17/h6,11,18H,5,7-10H2,1-4H3. The molecule has 2 nitrogen and oxygen atoms in total. The lowest BCUT2D eigenvalue weighted by atomic mass is 10.0. The largest absolute Gasteiger partial charge is 0.412 e. The van der Waals surface area contributed by atoms with E-state index in [9.17, 15) is 13.2 Å². The minimum Gasteiger partial charge on any atom is -0.312 e. The Hall–Kier alpha value is -0.550. The highest BCUT2D eigenvalue weighted by Gasteiger charge is 2.35. The van der Waals surface area contributed by atoms with Gasteiger partial charge in [-0.2, -0.15) is 13.2 Å². The molecule has 5 heteroatoms. The Morgan fingerprint density at radius 1 is 1.32 bits per heavy atom. The maximum atomic E-state index is 12.5. The number of hydrogen-bond donors (Lipinski definition) is 1. The lowest BCUT2D eigenvalue weighted by molar-refractivity contribution is -0.0963. The summed E-state index contributed by atoms with van der Waals surface area (Å²) < 4.78 is 37.5. The van der Waals surface area contributed by atoms with Crippen LogP contribution in [0.15, 0.2) is 11.6 Å². The number of alkyl halides is 3. The molecule has 112 valence electrons. The Kier molecular flexibility index (Phi) is 5.44. The van der Waals surface area contributed by atoms with E-state index in [2.05, 4.69) is 37.9 Å². The lowest BCUT2D eigenvalue weighted by Crippen LogP contribution is -2.42. The third-order valence-electron chi connectivity index (χ3n) is 3.45. The molecule has 0 saturated heterocycles. The number of nitrogens with one attached hydrogen (secondary N) is 1. The second-order valence-electron chi connectivity index (χ2n) is 6.29. The summed E-state index contributed by atoms with van der Waals surface area (Å²) in [5, 5.41) is 3.40. The van der Waals surface area contributed by atoms with Gasteiger partial charge < -0.3 is 5.32 Å². The van der Waals surface area contributed by atoms with E-state index in [1.165, 1.54) is 6.08 Å². The van der Waals surface area contributed by atoms with E-state index in [1.54, 1.807) is 0 Å². The third-order valence-corrected chi connectivity index (χ3v) is 3.45. The van der Waals surface area contributed by atoms with Crippen molar-refractivity contribution in [2.24, 2.45) is 0 Å². The summed E-state index contributed by atoms with van der Waals surface area (Å²) in [5.41, 5.74) is -0.283. The average molecular weight is 278 g/mol. The van der Waals surface area contributed by atoms with E-state index < -0.39 is 6.18 Å². The van der Waals surface area contributed by atoms with Crippen molar-refractivity contribution < 1.29 is 13.2 Å². The van der Waals surface area contributed by atoms with E-state index >= 15 is 0 Å². The van der Waals surface area contributed by atoms with Gasteiger partial charge in [0.05, 0.1) is 0 Å². The Balaban J connectivity index is 2.37. The molecule has 0 fully saturated rings. The molecule has 1 aliphatic rings. The minimum absolute atomic E-state index is 0.0883. The summed E-state index contributed by atoms with van der Waals surface area (Å²) in [6.07, 6.45) is -1.76. The smallest absolute Gasteiger partial charge is 0.312 e. The summed E-state index contributed by atoms with van der Waals surface area (Å²) in [7, 11) is 0. The van der Waals surface area contributed by atoms with Crippen LogP contribution in [0.1, 0.15) is 40.5 Å².